The van der Waals surface area contributed by atoms with Crippen molar-refractivity contribution in [3.8, 4) is 0 Å². The van der Waals surface area contributed by atoms with Crippen molar-refractivity contribution in [3.63, 3.8) is 0 Å². The van der Waals surface area contributed by atoms with E-state index in [-0.39, 0.29) is 11.8 Å². The first-order chi connectivity index (χ1) is 9.59. The van der Waals surface area contributed by atoms with Gasteiger partial charge in [-0.25, -0.2) is 0 Å². The number of hydrogen-bond donors (Lipinski definition) is 0. The Morgan fingerprint density at radius 2 is 1.30 bits per heavy atom. The average Bonchev–Trinajstić information content (AvgIpc) is 2.68. The standard InChI is InChI=1S/C17H15NO2/c1-11-6-5-7-12(2)15(11)10-18-16(19)13-8-3-4-9-14(13)17(18)20/h3-9H,10H2,1-2H3. The van der Waals surface area contributed by atoms with Crippen molar-refractivity contribution in [2.75, 3.05) is 0 Å². The molecule has 0 saturated heterocycles. The molecule has 2 aromatic carbocycles. The number of rotatable bonds is 2. The topological polar surface area (TPSA) is 37.4 Å². The van der Waals surface area contributed by atoms with Crippen molar-refractivity contribution in [2.45, 2.75) is 20.4 Å². The number of amides is 2. The lowest BCUT2D eigenvalue weighted by atomic mass is 10.0. The third-order valence-electron chi connectivity index (χ3n) is 3.84. The van der Waals surface area contributed by atoms with Crippen LogP contribution in [0.5, 0.6) is 0 Å². The maximum atomic E-state index is 12.3. The van der Waals surface area contributed by atoms with Crippen LogP contribution in [-0.4, -0.2) is 16.7 Å². The lowest BCUT2D eigenvalue weighted by molar-refractivity contribution is 0.0642. The summed E-state index contributed by atoms with van der Waals surface area (Å²) in [4.78, 5) is 26.0. The molecule has 0 atom stereocenters. The zero-order chi connectivity index (χ0) is 14.3. The number of carbonyl (C=O) groups excluding carboxylic acids is 2. The predicted molar refractivity (Wildman–Crippen MR) is 76.6 cm³/mol. The highest BCUT2D eigenvalue weighted by Crippen LogP contribution is 2.26. The fourth-order valence-electron chi connectivity index (χ4n) is 2.64. The molecule has 2 amide bonds. The van der Waals surface area contributed by atoms with Crippen LogP contribution in [0.15, 0.2) is 42.5 Å². The molecule has 0 aromatic heterocycles. The van der Waals surface area contributed by atoms with Crippen molar-refractivity contribution in [1.29, 1.82) is 0 Å². The summed E-state index contributed by atoms with van der Waals surface area (Å²) in [6.45, 7) is 4.34. The van der Waals surface area contributed by atoms with Crippen LogP contribution in [0.1, 0.15) is 37.4 Å². The van der Waals surface area contributed by atoms with Crippen LogP contribution in [0.2, 0.25) is 0 Å². The largest absolute Gasteiger partial charge is 0.270 e. The second kappa shape index (κ2) is 4.60. The summed E-state index contributed by atoms with van der Waals surface area (Å²) in [6, 6.07) is 13.0. The molecule has 0 aliphatic carbocycles. The summed E-state index contributed by atoms with van der Waals surface area (Å²) in [5, 5.41) is 0. The minimum atomic E-state index is -0.201. The van der Waals surface area contributed by atoms with E-state index in [9.17, 15) is 9.59 Å². The van der Waals surface area contributed by atoms with Gasteiger partial charge in [0.2, 0.25) is 0 Å². The Hall–Kier alpha value is -2.42. The molecule has 1 aliphatic heterocycles. The number of aryl methyl sites for hydroxylation is 2. The molecule has 0 radical (unpaired) electrons. The molecule has 0 unspecified atom stereocenters. The second-order valence-electron chi connectivity index (χ2n) is 5.11. The molecule has 1 heterocycles. The van der Waals surface area contributed by atoms with Gasteiger partial charge in [0, 0.05) is 0 Å². The molecule has 3 nitrogen and oxygen atoms in total. The smallest absolute Gasteiger partial charge is 0.261 e. The molecule has 1 aliphatic rings. The highest BCUT2D eigenvalue weighted by atomic mass is 16.2. The van der Waals surface area contributed by atoms with E-state index >= 15 is 0 Å². The molecule has 0 N–H and O–H groups in total. The first kappa shape index (κ1) is 12.6. The molecule has 2 aromatic rings. The average molecular weight is 265 g/mol. The highest BCUT2D eigenvalue weighted by Gasteiger charge is 2.35. The summed E-state index contributed by atoms with van der Waals surface area (Å²) >= 11 is 0. The van der Waals surface area contributed by atoms with E-state index in [2.05, 4.69) is 0 Å². The van der Waals surface area contributed by atoms with Gasteiger partial charge in [-0.2, -0.15) is 0 Å². The minimum absolute atomic E-state index is 0.201. The maximum Gasteiger partial charge on any atom is 0.261 e. The van der Waals surface area contributed by atoms with Crippen molar-refractivity contribution in [1.82, 2.24) is 4.90 Å². The quantitative estimate of drug-likeness (QED) is 0.782. The Bertz CT molecular complexity index is 663. The number of nitrogens with zero attached hydrogens (tertiary/aromatic N) is 1. The molecule has 3 heteroatoms. The van der Waals surface area contributed by atoms with Crippen LogP contribution in [0.4, 0.5) is 0 Å². The predicted octanol–water partition coefficient (Wildman–Crippen LogP) is 3.10. The van der Waals surface area contributed by atoms with Crippen molar-refractivity contribution >= 4 is 11.8 Å². The Morgan fingerprint density at radius 1 is 0.800 bits per heavy atom. The fraction of sp³-hybridized carbons (Fsp3) is 0.176. The summed E-state index contributed by atoms with van der Waals surface area (Å²) in [5.74, 6) is -0.401. The van der Waals surface area contributed by atoms with Crippen molar-refractivity contribution in [2.24, 2.45) is 0 Å². The molecule has 0 spiro atoms. The number of hydrogen-bond acceptors (Lipinski definition) is 2. The van der Waals surface area contributed by atoms with Crippen LogP contribution in [-0.2, 0) is 6.54 Å². The monoisotopic (exact) mass is 265 g/mol. The van der Waals surface area contributed by atoms with Crippen LogP contribution in [0.25, 0.3) is 0 Å². The number of fused-ring (bicyclic) bond motifs is 1. The zero-order valence-corrected chi connectivity index (χ0v) is 11.5. The summed E-state index contributed by atoms with van der Waals surface area (Å²) < 4.78 is 0. The van der Waals surface area contributed by atoms with Crippen LogP contribution < -0.4 is 0 Å². The Kier molecular flexibility index (Phi) is 2.90. The van der Waals surface area contributed by atoms with E-state index in [1.54, 1.807) is 24.3 Å². The Balaban J connectivity index is 1.98. The van der Waals surface area contributed by atoms with Crippen LogP contribution >= 0.6 is 0 Å². The van der Waals surface area contributed by atoms with E-state index in [0.717, 1.165) is 16.7 Å². The van der Waals surface area contributed by atoms with Crippen molar-refractivity contribution < 1.29 is 9.59 Å². The van der Waals surface area contributed by atoms with Gasteiger partial charge in [0.1, 0.15) is 0 Å². The zero-order valence-electron chi connectivity index (χ0n) is 11.5. The third-order valence-corrected chi connectivity index (χ3v) is 3.84. The van der Waals surface area contributed by atoms with Gasteiger partial charge in [-0.15, -0.1) is 0 Å². The molecule has 100 valence electrons. The van der Waals surface area contributed by atoms with Gasteiger partial charge < -0.3 is 0 Å². The summed E-state index contributed by atoms with van der Waals surface area (Å²) in [6.07, 6.45) is 0. The second-order valence-corrected chi connectivity index (χ2v) is 5.11. The van der Waals surface area contributed by atoms with E-state index < -0.39 is 0 Å². The van der Waals surface area contributed by atoms with Gasteiger partial charge in [0.15, 0.2) is 0 Å². The Morgan fingerprint density at radius 3 is 1.80 bits per heavy atom. The van der Waals surface area contributed by atoms with E-state index in [4.69, 9.17) is 0 Å². The molecule has 0 bridgehead atoms. The number of benzene rings is 2. The van der Waals surface area contributed by atoms with Crippen LogP contribution in [0.3, 0.4) is 0 Å². The molecule has 20 heavy (non-hydrogen) atoms. The van der Waals surface area contributed by atoms with Gasteiger partial charge in [-0.05, 0) is 42.7 Å². The first-order valence-electron chi connectivity index (χ1n) is 6.60. The van der Waals surface area contributed by atoms with Gasteiger partial charge in [-0.3, -0.25) is 14.5 Å². The Labute approximate surface area is 117 Å². The van der Waals surface area contributed by atoms with E-state index in [1.165, 1.54) is 4.90 Å². The summed E-state index contributed by atoms with van der Waals surface area (Å²) in [5.41, 5.74) is 4.25. The third kappa shape index (κ3) is 1.83. The molecular weight excluding hydrogens is 250 g/mol. The molecule has 0 saturated carbocycles. The SMILES string of the molecule is Cc1cccc(C)c1CN1C(=O)c2ccccc2C1=O. The lowest BCUT2D eigenvalue weighted by Crippen LogP contribution is -2.29. The molecule has 0 fully saturated rings. The molecule has 3 rings (SSSR count). The van der Waals surface area contributed by atoms with Crippen LogP contribution in [0, 0.1) is 13.8 Å². The number of imide groups is 1. The van der Waals surface area contributed by atoms with E-state index in [1.807, 2.05) is 32.0 Å². The van der Waals surface area contributed by atoms with Gasteiger partial charge >= 0.3 is 0 Å². The van der Waals surface area contributed by atoms with Gasteiger partial charge in [0.25, 0.3) is 11.8 Å². The lowest BCUT2D eigenvalue weighted by Gasteiger charge is -2.17. The van der Waals surface area contributed by atoms with E-state index in [0.29, 0.717) is 17.7 Å². The molecular formula is C17H15NO2. The number of carbonyl (C=O) groups is 2. The summed E-state index contributed by atoms with van der Waals surface area (Å²) in [7, 11) is 0. The van der Waals surface area contributed by atoms with Gasteiger partial charge in [0.05, 0.1) is 17.7 Å². The normalized spacial score (nSPS) is 13.8. The van der Waals surface area contributed by atoms with Gasteiger partial charge in [-0.1, -0.05) is 30.3 Å². The minimum Gasteiger partial charge on any atom is -0.270 e. The van der Waals surface area contributed by atoms with Crippen molar-refractivity contribution in [3.05, 3.63) is 70.3 Å². The first-order valence-corrected chi connectivity index (χ1v) is 6.60. The maximum absolute atomic E-state index is 12.3. The fourth-order valence-corrected chi connectivity index (χ4v) is 2.64. The highest BCUT2D eigenvalue weighted by molar-refractivity contribution is 6.21.